The van der Waals surface area contributed by atoms with Crippen LogP contribution in [0.3, 0.4) is 0 Å². The summed E-state index contributed by atoms with van der Waals surface area (Å²) in [5.74, 6) is -0.221. The van der Waals surface area contributed by atoms with Crippen LogP contribution in [0.5, 0.6) is 0 Å². The molecule has 0 aliphatic carbocycles. The van der Waals surface area contributed by atoms with Gasteiger partial charge >= 0.3 is 5.97 Å². The lowest BCUT2D eigenvalue weighted by atomic mass is 9.80. The smallest absolute Gasteiger partial charge is 0.322 e. The van der Waals surface area contributed by atoms with Crippen LogP contribution in [-0.4, -0.2) is 18.3 Å². The maximum absolute atomic E-state index is 12.0. The Hall–Kier alpha value is -1.64. The van der Waals surface area contributed by atoms with Crippen LogP contribution in [0.15, 0.2) is 29.3 Å². The molecule has 1 aliphatic rings. The second-order valence-corrected chi connectivity index (χ2v) is 4.06. The lowest BCUT2D eigenvalue weighted by Gasteiger charge is -2.23. The van der Waals surface area contributed by atoms with Gasteiger partial charge in [0.2, 0.25) is 0 Å². The minimum absolute atomic E-state index is 0.221. The molecule has 0 radical (unpaired) electrons. The van der Waals surface area contributed by atoms with Crippen molar-refractivity contribution in [1.29, 1.82) is 0 Å². The minimum Gasteiger partial charge on any atom is -0.465 e. The van der Waals surface area contributed by atoms with Crippen molar-refractivity contribution in [2.45, 2.75) is 26.2 Å². The molecule has 0 aromatic heterocycles. The van der Waals surface area contributed by atoms with E-state index >= 15 is 0 Å². The number of nitrogens with zero attached hydrogens (tertiary/aromatic N) is 1. The molecular formula is C13H15NO2. The Labute approximate surface area is 95.2 Å². The normalized spacial score (nSPS) is 22.6. The fourth-order valence-corrected chi connectivity index (χ4v) is 2.01. The average Bonchev–Trinajstić information content (AvgIpc) is 2.53. The van der Waals surface area contributed by atoms with Crippen molar-refractivity contribution in [3.8, 4) is 0 Å². The lowest BCUT2D eigenvalue weighted by Crippen LogP contribution is -2.38. The molecule has 3 heteroatoms. The van der Waals surface area contributed by atoms with Crippen LogP contribution in [0.2, 0.25) is 0 Å². The zero-order valence-corrected chi connectivity index (χ0v) is 9.78. The van der Waals surface area contributed by atoms with Crippen LogP contribution < -0.4 is 0 Å². The molecule has 0 bridgehead atoms. The maximum Gasteiger partial charge on any atom is 0.322 e. The van der Waals surface area contributed by atoms with Gasteiger partial charge in [0, 0.05) is 11.3 Å². The summed E-state index contributed by atoms with van der Waals surface area (Å²) in [4.78, 5) is 16.5. The SMILES string of the molecule is CCOC(=O)C1(C)C(C)=Nc2ccccc21. The highest BCUT2D eigenvalue weighted by molar-refractivity contribution is 6.15. The monoisotopic (exact) mass is 217 g/mol. The third-order valence-corrected chi connectivity index (χ3v) is 3.14. The third kappa shape index (κ3) is 1.35. The molecule has 1 heterocycles. The molecule has 1 atom stereocenters. The molecule has 0 amide bonds. The van der Waals surface area contributed by atoms with Gasteiger partial charge in [0.1, 0.15) is 5.41 Å². The predicted octanol–water partition coefficient (Wildman–Crippen LogP) is 2.61. The molecule has 0 N–H and O–H groups in total. The largest absolute Gasteiger partial charge is 0.465 e. The number of esters is 1. The van der Waals surface area contributed by atoms with E-state index in [0.717, 1.165) is 17.0 Å². The van der Waals surface area contributed by atoms with Crippen LogP contribution >= 0.6 is 0 Å². The van der Waals surface area contributed by atoms with Crippen molar-refractivity contribution < 1.29 is 9.53 Å². The van der Waals surface area contributed by atoms with Gasteiger partial charge in [0.15, 0.2) is 0 Å². The zero-order chi connectivity index (χ0) is 11.8. The topological polar surface area (TPSA) is 38.7 Å². The summed E-state index contributed by atoms with van der Waals surface area (Å²) in [5.41, 5.74) is 1.89. The van der Waals surface area contributed by atoms with Crippen LogP contribution in [0.4, 0.5) is 5.69 Å². The molecule has 2 rings (SSSR count). The molecule has 1 unspecified atom stereocenters. The number of benzene rings is 1. The Balaban J connectivity index is 2.50. The van der Waals surface area contributed by atoms with Gasteiger partial charge in [-0.15, -0.1) is 0 Å². The highest BCUT2D eigenvalue weighted by atomic mass is 16.5. The standard InChI is InChI=1S/C13H15NO2/c1-4-16-12(15)13(3)9(2)14-11-8-6-5-7-10(11)13/h5-8H,4H2,1-3H3. The summed E-state index contributed by atoms with van der Waals surface area (Å²) >= 11 is 0. The first kappa shape index (κ1) is 10.9. The number of rotatable bonds is 2. The van der Waals surface area contributed by atoms with E-state index in [1.54, 1.807) is 0 Å². The summed E-state index contributed by atoms with van der Waals surface area (Å²) in [6.07, 6.45) is 0. The average molecular weight is 217 g/mol. The Morgan fingerprint density at radius 1 is 1.44 bits per heavy atom. The number of ether oxygens (including phenoxy) is 1. The van der Waals surface area contributed by atoms with Gasteiger partial charge in [0.05, 0.1) is 12.3 Å². The second kappa shape index (κ2) is 3.74. The van der Waals surface area contributed by atoms with E-state index in [-0.39, 0.29) is 5.97 Å². The molecule has 0 saturated carbocycles. The Bertz CT molecular complexity index is 465. The number of hydrogen-bond donors (Lipinski definition) is 0. The third-order valence-electron chi connectivity index (χ3n) is 3.14. The number of carbonyl (C=O) groups is 1. The molecule has 16 heavy (non-hydrogen) atoms. The molecule has 0 spiro atoms. The van der Waals surface area contributed by atoms with Crippen molar-refractivity contribution in [3.05, 3.63) is 29.8 Å². The van der Waals surface area contributed by atoms with E-state index in [2.05, 4.69) is 4.99 Å². The van der Waals surface area contributed by atoms with E-state index in [1.807, 2.05) is 45.0 Å². The lowest BCUT2D eigenvalue weighted by molar-refractivity contribution is -0.146. The van der Waals surface area contributed by atoms with Gasteiger partial charge in [0.25, 0.3) is 0 Å². The maximum atomic E-state index is 12.0. The number of aliphatic imine (C=N–C) groups is 1. The quantitative estimate of drug-likeness (QED) is 0.714. The predicted molar refractivity (Wildman–Crippen MR) is 63.2 cm³/mol. The zero-order valence-electron chi connectivity index (χ0n) is 9.78. The molecule has 1 aliphatic heterocycles. The van der Waals surface area contributed by atoms with Crippen molar-refractivity contribution in [1.82, 2.24) is 0 Å². The summed E-state index contributed by atoms with van der Waals surface area (Å²) in [6, 6.07) is 7.70. The van der Waals surface area contributed by atoms with Crippen molar-refractivity contribution in [2.75, 3.05) is 6.61 Å². The van der Waals surface area contributed by atoms with Crippen molar-refractivity contribution >= 4 is 17.4 Å². The molecule has 0 fully saturated rings. The summed E-state index contributed by atoms with van der Waals surface area (Å²) in [5, 5.41) is 0. The first-order valence-corrected chi connectivity index (χ1v) is 5.43. The number of hydrogen-bond acceptors (Lipinski definition) is 3. The first-order valence-electron chi connectivity index (χ1n) is 5.43. The molecular weight excluding hydrogens is 202 g/mol. The first-order chi connectivity index (χ1) is 7.60. The molecule has 0 saturated heterocycles. The van der Waals surface area contributed by atoms with Crippen molar-refractivity contribution in [3.63, 3.8) is 0 Å². The van der Waals surface area contributed by atoms with E-state index < -0.39 is 5.41 Å². The molecule has 1 aromatic rings. The summed E-state index contributed by atoms with van der Waals surface area (Å²) in [6.45, 7) is 5.95. The second-order valence-electron chi connectivity index (χ2n) is 4.06. The van der Waals surface area contributed by atoms with Gasteiger partial charge in [-0.2, -0.15) is 0 Å². The molecule has 3 nitrogen and oxygen atoms in total. The van der Waals surface area contributed by atoms with Crippen molar-refractivity contribution in [2.24, 2.45) is 4.99 Å². The molecule has 84 valence electrons. The summed E-state index contributed by atoms with van der Waals surface area (Å²) in [7, 11) is 0. The Morgan fingerprint density at radius 3 is 2.81 bits per heavy atom. The van der Waals surface area contributed by atoms with E-state index in [9.17, 15) is 4.79 Å². The highest BCUT2D eigenvalue weighted by Crippen LogP contribution is 2.40. The highest BCUT2D eigenvalue weighted by Gasteiger charge is 2.44. The minimum atomic E-state index is -0.716. The van der Waals surface area contributed by atoms with E-state index in [0.29, 0.717) is 6.61 Å². The van der Waals surface area contributed by atoms with Gasteiger partial charge in [-0.05, 0) is 26.8 Å². The van der Waals surface area contributed by atoms with Gasteiger partial charge in [-0.25, -0.2) is 0 Å². The number of carbonyl (C=O) groups excluding carboxylic acids is 1. The Morgan fingerprint density at radius 2 is 2.12 bits per heavy atom. The number of para-hydroxylation sites is 1. The summed E-state index contributed by atoms with van der Waals surface area (Å²) < 4.78 is 5.14. The van der Waals surface area contributed by atoms with Crippen LogP contribution in [-0.2, 0) is 14.9 Å². The van der Waals surface area contributed by atoms with Crippen LogP contribution in [0.25, 0.3) is 0 Å². The Kier molecular flexibility index (Phi) is 2.54. The van der Waals surface area contributed by atoms with Gasteiger partial charge < -0.3 is 4.74 Å². The fourth-order valence-electron chi connectivity index (χ4n) is 2.01. The van der Waals surface area contributed by atoms with Gasteiger partial charge in [-0.3, -0.25) is 9.79 Å². The molecule has 1 aromatic carbocycles. The van der Waals surface area contributed by atoms with E-state index in [4.69, 9.17) is 4.74 Å². The van der Waals surface area contributed by atoms with Crippen LogP contribution in [0, 0.1) is 0 Å². The van der Waals surface area contributed by atoms with Crippen LogP contribution in [0.1, 0.15) is 26.3 Å². The van der Waals surface area contributed by atoms with Gasteiger partial charge in [-0.1, -0.05) is 18.2 Å². The van der Waals surface area contributed by atoms with E-state index in [1.165, 1.54) is 0 Å². The fraction of sp³-hybridized carbons (Fsp3) is 0.385. The number of fused-ring (bicyclic) bond motifs is 1.